The molecule has 0 radical (unpaired) electrons. The van der Waals surface area contributed by atoms with Crippen LogP contribution in [0, 0.1) is 41.4 Å². The number of guanidine groups is 2. The zero-order chi connectivity index (χ0) is 72.7. The monoisotopic (exact) mass is 1410 g/mol. The van der Waals surface area contributed by atoms with Crippen LogP contribution in [0.5, 0.6) is 5.75 Å². The van der Waals surface area contributed by atoms with E-state index in [2.05, 4.69) is 25.9 Å². The summed E-state index contributed by atoms with van der Waals surface area (Å²) in [5.74, 6) is -10.7. The molecule has 544 valence electrons. The lowest BCUT2D eigenvalue weighted by Gasteiger charge is -2.32. The SMILES string of the molecule is CCc1c2c(nc3ccc(OC(=O)C4CCC(CNC(=O)C5CCC(CN6C(=O)CC(SCC(CC(=O)C(CCCN=C(N)N)NC(=O)C(CO)CC(=O)C(CCC(N)=O)NC(=O)C(CC)CCCN=C(N)N)C(=O)O)C6=O)CC5)CC4)cc13)-c1cc3c(c(=O)n1C2)CCC(=O)[C@]3(O)CC. The van der Waals surface area contributed by atoms with Crippen LogP contribution in [0.4, 0.5) is 0 Å². The molecule has 3 fully saturated rings. The number of ether oxygens (including phenoxy) is 1. The number of aliphatic carboxylic acids is 1. The number of carbonyl (C=O) groups excluding carboxylic acids is 10. The summed E-state index contributed by atoms with van der Waals surface area (Å²) in [6, 6.07) is 4.47. The molecule has 1 saturated heterocycles. The molecule has 8 rings (SSSR count). The van der Waals surface area contributed by atoms with Crippen molar-refractivity contribution < 1.29 is 72.8 Å². The Morgan fingerprint density at radius 2 is 1.38 bits per heavy atom. The number of carboxylic acids is 1. The third-order valence-electron chi connectivity index (χ3n) is 20.6. The van der Waals surface area contributed by atoms with Crippen LogP contribution >= 0.6 is 11.8 Å². The van der Waals surface area contributed by atoms with E-state index in [9.17, 15) is 72.9 Å². The number of aromatic nitrogens is 2. The summed E-state index contributed by atoms with van der Waals surface area (Å²) >= 11 is 0.938. The van der Waals surface area contributed by atoms with Gasteiger partial charge in [0.05, 0.1) is 65.1 Å². The van der Waals surface area contributed by atoms with Crippen molar-refractivity contribution in [1.29, 1.82) is 0 Å². The van der Waals surface area contributed by atoms with Gasteiger partial charge in [-0.1, -0.05) is 20.8 Å². The number of Topliss-reactive ketones (excluding diaryl/α,β-unsaturated/α-hetero) is 3. The van der Waals surface area contributed by atoms with E-state index in [-0.39, 0.29) is 136 Å². The first-order valence-corrected chi connectivity index (χ1v) is 36.1. The van der Waals surface area contributed by atoms with E-state index in [0.717, 1.165) is 28.3 Å². The molecule has 2 saturated carbocycles. The molecule has 6 unspecified atom stereocenters. The number of imide groups is 1. The maximum absolute atomic E-state index is 14.0. The minimum atomic E-state index is -1.72. The number of ketones is 3. The lowest BCUT2D eigenvalue weighted by molar-refractivity contribution is -0.143. The highest BCUT2D eigenvalue weighted by molar-refractivity contribution is 8.00. The number of esters is 1. The van der Waals surface area contributed by atoms with E-state index in [1.807, 2.05) is 13.0 Å². The number of aliphatic hydroxyl groups is 2. The molecule has 30 heteroatoms. The molecule has 29 nitrogen and oxygen atoms in total. The van der Waals surface area contributed by atoms with Crippen LogP contribution in [0.25, 0.3) is 22.3 Å². The van der Waals surface area contributed by atoms with Gasteiger partial charge >= 0.3 is 11.9 Å². The first-order chi connectivity index (χ1) is 47.7. The maximum atomic E-state index is 14.0. The first-order valence-electron chi connectivity index (χ1n) is 35.0. The Labute approximate surface area is 584 Å². The third kappa shape index (κ3) is 19.1. The molecule has 6 amide bonds. The lowest BCUT2D eigenvalue weighted by atomic mass is 9.77. The molecular weight excluding hydrogens is 1310 g/mol. The first kappa shape index (κ1) is 77.1. The van der Waals surface area contributed by atoms with Gasteiger partial charge in [-0.05, 0) is 151 Å². The number of hydrogen-bond acceptors (Lipinski definition) is 19. The van der Waals surface area contributed by atoms with Gasteiger partial charge in [-0.3, -0.25) is 72.4 Å². The number of nitrogens with two attached hydrogens (primary N) is 5. The fourth-order valence-corrected chi connectivity index (χ4v) is 15.8. The van der Waals surface area contributed by atoms with Gasteiger partial charge < -0.3 is 69.2 Å². The zero-order valence-corrected chi connectivity index (χ0v) is 58.1. The predicted octanol–water partition coefficient (Wildman–Crippen LogP) is 2.19. The average Bonchev–Trinajstić information content (AvgIpc) is 1.56. The minimum absolute atomic E-state index is 0.0280. The number of aryl methyl sites for hydroxylation is 1. The Morgan fingerprint density at radius 3 is 1.99 bits per heavy atom. The summed E-state index contributed by atoms with van der Waals surface area (Å²) < 4.78 is 7.68. The molecule has 2 aliphatic heterocycles. The van der Waals surface area contributed by atoms with E-state index < -0.39 is 107 Å². The Bertz CT molecular complexity index is 3720. The maximum Gasteiger partial charge on any atom is 0.314 e. The number of pyridine rings is 2. The number of thioether (sulfide) groups is 1. The van der Waals surface area contributed by atoms with Crippen molar-refractivity contribution in [2.75, 3.05) is 38.5 Å². The molecule has 0 spiro atoms. The van der Waals surface area contributed by atoms with Gasteiger partial charge in [0.15, 0.2) is 29.3 Å². The van der Waals surface area contributed by atoms with Gasteiger partial charge in [-0.25, -0.2) is 4.98 Å². The molecule has 3 aromatic rings. The van der Waals surface area contributed by atoms with E-state index in [0.29, 0.717) is 124 Å². The summed E-state index contributed by atoms with van der Waals surface area (Å²) in [4.78, 5) is 175. The van der Waals surface area contributed by atoms with E-state index >= 15 is 0 Å². The summed E-state index contributed by atoms with van der Waals surface area (Å²) in [5.41, 5.74) is 29.7. The largest absolute Gasteiger partial charge is 0.481 e. The number of rotatable bonds is 36. The molecule has 16 N–H and O–H groups in total. The molecule has 1 aromatic carbocycles. The molecule has 4 heterocycles. The quantitative estimate of drug-likeness (QED) is 0.00776. The van der Waals surface area contributed by atoms with Gasteiger partial charge in [0.25, 0.3) is 5.56 Å². The fraction of sp³-hybridized carbons (Fsp3) is 0.614. The number of aliphatic hydroxyl groups excluding tert-OH is 1. The lowest BCUT2D eigenvalue weighted by Crippen LogP contribution is -2.48. The molecule has 3 aliphatic carbocycles. The number of fused-ring (bicyclic) bond motifs is 5. The summed E-state index contributed by atoms with van der Waals surface area (Å²) in [6.07, 6.45) is 5.36. The molecule has 2 aromatic heterocycles. The number of aliphatic imine (C=N–C) groups is 2. The van der Waals surface area contributed by atoms with Gasteiger partial charge in [0.2, 0.25) is 35.4 Å². The highest BCUT2D eigenvalue weighted by Crippen LogP contribution is 2.42. The molecule has 0 bridgehead atoms. The number of benzene rings is 1. The summed E-state index contributed by atoms with van der Waals surface area (Å²) in [5, 5.41) is 40.4. The van der Waals surface area contributed by atoms with Crippen LogP contribution in [0.15, 0.2) is 39.0 Å². The van der Waals surface area contributed by atoms with Crippen molar-refractivity contribution >= 4 is 99.3 Å². The number of primary amides is 1. The Morgan fingerprint density at radius 1 is 0.760 bits per heavy atom. The van der Waals surface area contributed by atoms with Crippen LogP contribution in [-0.4, -0.2) is 162 Å². The number of carbonyl (C=O) groups is 11. The second-order valence-electron chi connectivity index (χ2n) is 27.3. The Kier molecular flexibility index (Phi) is 27.1. The van der Waals surface area contributed by atoms with Crippen molar-refractivity contribution in [2.24, 2.45) is 80.1 Å². The van der Waals surface area contributed by atoms with Crippen molar-refractivity contribution in [1.82, 2.24) is 30.4 Å². The van der Waals surface area contributed by atoms with E-state index in [4.69, 9.17) is 38.4 Å². The second kappa shape index (κ2) is 35.1. The van der Waals surface area contributed by atoms with Crippen molar-refractivity contribution in [3.05, 3.63) is 56.9 Å². The standard InChI is InChI=1S/C70H97N13O16S/c1-4-39(9-7-25-76-68(72)73)62(91)81-52(22-24-58(71)88)54(85)27-42(35-84)63(92)80-51(10-8-26-77-69(74)75)55(86)28-43(66(95)96)36-100-56-31-59(89)83(65(56)94)33-38-13-15-40(16-14-38)61(90)78-32-37-11-17-41(18-12-37)67(97)99-44-19-21-50-47(29-44)45(5-2)48-34-82-53(60(48)79-50)30-49-46(64(82)93)20-23-57(87)70(49,98)6-3/h19,21,29-30,37-43,51-52,56,84,98H,4-18,20,22-28,31-36H2,1-3H3,(H2,71,88)(H,78,90)(H,80,92)(H,81,91)(H,95,96)(H4,72,73,76)(H4,74,75,77)/t37?,38?,39?,40?,41?,42?,43?,51?,52?,56?,70-/m0/s1. The van der Waals surface area contributed by atoms with Gasteiger partial charge in [-0.15, -0.1) is 11.8 Å². The number of nitrogens with one attached hydrogen (secondary N) is 3. The summed E-state index contributed by atoms with van der Waals surface area (Å²) in [7, 11) is 0. The van der Waals surface area contributed by atoms with Crippen LogP contribution in [0.1, 0.15) is 171 Å². The highest BCUT2D eigenvalue weighted by atomic mass is 32.2. The zero-order valence-electron chi connectivity index (χ0n) is 57.3. The van der Waals surface area contributed by atoms with Crippen LogP contribution in [-0.2, 0) is 77.7 Å². The topological polar surface area (TPSA) is 487 Å². The molecule has 100 heavy (non-hydrogen) atoms. The minimum Gasteiger partial charge on any atom is -0.481 e. The summed E-state index contributed by atoms with van der Waals surface area (Å²) in [6.45, 7) is 5.84. The fourth-order valence-electron chi connectivity index (χ4n) is 14.5. The molecule has 7 atom stereocenters. The number of hydrogen-bond donors (Lipinski definition) is 11. The Hall–Kier alpha value is -8.64. The van der Waals surface area contributed by atoms with Crippen molar-refractivity contribution in [3.8, 4) is 17.1 Å². The van der Waals surface area contributed by atoms with Gasteiger partial charge in [0.1, 0.15) is 11.4 Å². The van der Waals surface area contributed by atoms with E-state index in [1.165, 1.54) is 4.90 Å². The number of likely N-dealkylation sites (tertiary alicyclic amines) is 1. The van der Waals surface area contributed by atoms with Crippen LogP contribution < -0.4 is 54.9 Å². The average molecular weight is 1410 g/mol. The third-order valence-corrected chi connectivity index (χ3v) is 21.9. The smallest absolute Gasteiger partial charge is 0.314 e. The van der Waals surface area contributed by atoms with Gasteiger partial charge in [0, 0.05) is 97.9 Å². The van der Waals surface area contributed by atoms with E-state index in [1.54, 1.807) is 36.6 Å². The van der Waals surface area contributed by atoms with Crippen molar-refractivity contribution in [3.63, 3.8) is 0 Å². The molecule has 5 aliphatic rings. The highest BCUT2D eigenvalue weighted by Gasteiger charge is 2.45. The number of carboxylic acid groups (broad SMARTS) is 1. The Balaban J connectivity index is 0.770. The predicted molar refractivity (Wildman–Crippen MR) is 371 cm³/mol. The van der Waals surface area contributed by atoms with Gasteiger partial charge in [-0.2, -0.15) is 0 Å². The van der Waals surface area contributed by atoms with Crippen molar-refractivity contribution in [2.45, 2.75) is 192 Å². The second-order valence-corrected chi connectivity index (χ2v) is 28.5. The van der Waals surface area contributed by atoms with Crippen LogP contribution in [0.2, 0.25) is 0 Å². The molecular formula is C70H97N13O16S. The normalized spacial score (nSPS) is 21.7. The number of nitrogens with zero attached hydrogens (tertiary/aromatic N) is 5. The number of amides is 6. The van der Waals surface area contributed by atoms with Crippen LogP contribution in [0.3, 0.4) is 0 Å².